The second-order valence-corrected chi connectivity index (χ2v) is 4.49. The van der Waals surface area contributed by atoms with Crippen LogP contribution in [-0.2, 0) is 0 Å². The van der Waals surface area contributed by atoms with Crippen LogP contribution in [0.15, 0.2) is 21.9 Å². The standard InChI is InChI=1S/C12H19N3/c1-10-6-8-14-13-7-2-3-12(9-10)15-11-4-5-11/h6-8,11-12,15H,2-5,9H2,1H3/b10-6+,13-7+,14-8-. The molecule has 2 rings (SSSR count). The Morgan fingerprint density at radius 1 is 1.20 bits per heavy atom. The summed E-state index contributed by atoms with van der Waals surface area (Å²) in [7, 11) is 0. The summed E-state index contributed by atoms with van der Waals surface area (Å²) in [4.78, 5) is 0. The molecule has 1 unspecified atom stereocenters. The number of hydrogen-bond acceptors (Lipinski definition) is 3. The number of nitrogens with zero attached hydrogens (tertiary/aromatic N) is 2. The van der Waals surface area contributed by atoms with Gasteiger partial charge in [0.1, 0.15) is 0 Å². The van der Waals surface area contributed by atoms with Crippen LogP contribution in [0.2, 0.25) is 0 Å². The smallest absolute Gasteiger partial charge is 0.0494 e. The molecule has 0 aromatic heterocycles. The molecule has 0 radical (unpaired) electrons. The molecule has 3 nitrogen and oxygen atoms in total. The second-order valence-electron chi connectivity index (χ2n) is 4.49. The van der Waals surface area contributed by atoms with Crippen molar-refractivity contribution in [2.24, 2.45) is 10.2 Å². The number of rotatable bonds is 2. The van der Waals surface area contributed by atoms with Crippen molar-refractivity contribution in [3.8, 4) is 0 Å². The van der Waals surface area contributed by atoms with Crippen LogP contribution in [-0.4, -0.2) is 24.5 Å². The average molecular weight is 205 g/mol. The fourth-order valence-corrected chi connectivity index (χ4v) is 1.86. The highest BCUT2D eigenvalue weighted by molar-refractivity contribution is 5.72. The molecule has 15 heavy (non-hydrogen) atoms. The van der Waals surface area contributed by atoms with E-state index >= 15 is 0 Å². The summed E-state index contributed by atoms with van der Waals surface area (Å²) in [5.74, 6) is 0. The molecule has 1 aliphatic carbocycles. The molecule has 3 heteroatoms. The van der Waals surface area contributed by atoms with E-state index in [0.717, 1.165) is 18.9 Å². The van der Waals surface area contributed by atoms with Crippen molar-refractivity contribution in [2.45, 2.75) is 51.1 Å². The average Bonchev–Trinajstić information content (AvgIpc) is 3.00. The Kier molecular flexibility index (Phi) is 3.67. The summed E-state index contributed by atoms with van der Waals surface area (Å²) in [6.45, 7) is 2.17. The van der Waals surface area contributed by atoms with Crippen molar-refractivity contribution in [1.29, 1.82) is 0 Å². The predicted molar refractivity (Wildman–Crippen MR) is 64.5 cm³/mol. The Balaban J connectivity index is 1.94. The van der Waals surface area contributed by atoms with E-state index in [1.807, 2.05) is 6.21 Å². The lowest BCUT2D eigenvalue weighted by Gasteiger charge is -2.18. The number of nitrogens with one attached hydrogen (secondary N) is 1. The minimum Gasteiger partial charge on any atom is -0.311 e. The zero-order valence-corrected chi connectivity index (χ0v) is 9.32. The van der Waals surface area contributed by atoms with E-state index in [-0.39, 0.29) is 0 Å². The van der Waals surface area contributed by atoms with Crippen molar-refractivity contribution in [2.75, 3.05) is 0 Å². The molecule has 1 atom stereocenters. The van der Waals surface area contributed by atoms with E-state index in [0.29, 0.717) is 6.04 Å². The molecule has 0 aromatic carbocycles. The highest BCUT2D eigenvalue weighted by Gasteiger charge is 2.24. The van der Waals surface area contributed by atoms with Gasteiger partial charge in [0, 0.05) is 24.5 Å². The molecule has 2 aliphatic rings. The van der Waals surface area contributed by atoms with Gasteiger partial charge in [-0.1, -0.05) is 5.57 Å². The molecule has 1 heterocycles. The van der Waals surface area contributed by atoms with Crippen LogP contribution >= 0.6 is 0 Å². The van der Waals surface area contributed by atoms with Gasteiger partial charge in [-0.15, -0.1) is 0 Å². The lowest BCUT2D eigenvalue weighted by molar-refractivity contribution is 0.482. The molecule has 1 N–H and O–H groups in total. The first-order chi connectivity index (χ1) is 7.34. The molecule has 1 saturated carbocycles. The monoisotopic (exact) mass is 205 g/mol. The Bertz CT molecular complexity index is 287. The van der Waals surface area contributed by atoms with Gasteiger partial charge >= 0.3 is 0 Å². The summed E-state index contributed by atoms with van der Waals surface area (Å²) >= 11 is 0. The van der Waals surface area contributed by atoms with Gasteiger partial charge in [-0.05, 0) is 45.1 Å². The van der Waals surface area contributed by atoms with Gasteiger partial charge in [0.05, 0.1) is 0 Å². The summed E-state index contributed by atoms with van der Waals surface area (Å²) in [5, 5.41) is 11.6. The molecule has 0 spiro atoms. The summed E-state index contributed by atoms with van der Waals surface area (Å²) in [6, 6.07) is 1.41. The third-order valence-electron chi connectivity index (χ3n) is 2.84. The van der Waals surface area contributed by atoms with Crippen LogP contribution < -0.4 is 5.32 Å². The molecule has 1 aliphatic heterocycles. The van der Waals surface area contributed by atoms with Crippen LogP contribution in [0.4, 0.5) is 0 Å². The van der Waals surface area contributed by atoms with Crippen LogP contribution in [0.1, 0.15) is 39.0 Å². The Morgan fingerprint density at radius 2 is 2.07 bits per heavy atom. The third-order valence-corrected chi connectivity index (χ3v) is 2.84. The minimum atomic E-state index is 0.617. The largest absolute Gasteiger partial charge is 0.311 e. The zero-order valence-electron chi connectivity index (χ0n) is 9.32. The summed E-state index contributed by atoms with van der Waals surface area (Å²) in [6.07, 6.45) is 11.8. The van der Waals surface area contributed by atoms with Gasteiger partial charge in [0.15, 0.2) is 0 Å². The van der Waals surface area contributed by atoms with Gasteiger partial charge in [0.2, 0.25) is 0 Å². The predicted octanol–water partition coefficient (Wildman–Crippen LogP) is 2.29. The maximum atomic E-state index is 3.97. The van der Waals surface area contributed by atoms with E-state index in [1.54, 1.807) is 6.21 Å². The normalized spacial score (nSPS) is 35.3. The quantitative estimate of drug-likeness (QED) is 0.737. The van der Waals surface area contributed by atoms with Gasteiger partial charge in [0.25, 0.3) is 0 Å². The molecular formula is C12H19N3. The van der Waals surface area contributed by atoms with Crippen molar-refractivity contribution in [3.05, 3.63) is 11.6 Å². The third kappa shape index (κ3) is 3.96. The van der Waals surface area contributed by atoms with Gasteiger partial charge in [-0.2, -0.15) is 10.2 Å². The number of allylic oxidation sites excluding steroid dienone is 1. The van der Waals surface area contributed by atoms with Gasteiger partial charge in [-0.25, -0.2) is 0 Å². The fraction of sp³-hybridized carbons (Fsp3) is 0.667. The van der Waals surface area contributed by atoms with Crippen molar-refractivity contribution >= 4 is 12.4 Å². The zero-order chi connectivity index (χ0) is 10.5. The Labute approximate surface area is 91.4 Å². The maximum absolute atomic E-state index is 3.97. The summed E-state index contributed by atoms with van der Waals surface area (Å²) < 4.78 is 0. The van der Waals surface area contributed by atoms with E-state index in [2.05, 4.69) is 28.5 Å². The van der Waals surface area contributed by atoms with Gasteiger partial charge in [-0.3, -0.25) is 0 Å². The second kappa shape index (κ2) is 5.21. The summed E-state index contributed by atoms with van der Waals surface area (Å²) in [5.41, 5.74) is 1.38. The topological polar surface area (TPSA) is 36.8 Å². The fourth-order valence-electron chi connectivity index (χ4n) is 1.86. The molecular weight excluding hydrogens is 186 g/mol. The molecule has 0 aromatic rings. The first-order valence-electron chi connectivity index (χ1n) is 5.81. The highest BCUT2D eigenvalue weighted by Crippen LogP contribution is 2.22. The van der Waals surface area contributed by atoms with Gasteiger partial charge < -0.3 is 5.32 Å². The molecule has 0 bridgehead atoms. The van der Waals surface area contributed by atoms with E-state index in [9.17, 15) is 0 Å². The van der Waals surface area contributed by atoms with Crippen LogP contribution in [0.3, 0.4) is 0 Å². The first kappa shape index (κ1) is 10.6. The highest BCUT2D eigenvalue weighted by atomic mass is 15.2. The van der Waals surface area contributed by atoms with Crippen molar-refractivity contribution < 1.29 is 0 Å². The molecule has 82 valence electrons. The Hall–Kier alpha value is -0.960. The van der Waals surface area contributed by atoms with Crippen LogP contribution in [0, 0.1) is 0 Å². The van der Waals surface area contributed by atoms with E-state index in [4.69, 9.17) is 0 Å². The van der Waals surface area contributed by atoms with E-state index in [1.165, 1.54) is 24.8 Å². The maximum Gasteiger partial charge on any atom is 0.0494 e. The minimum absolute atomic E-state index is 0.617. The molecule has 1 fully saturated rings. The first-order valence-corrected chi connectivity index (χ1v) is 5.81. The Morgan fingerprint density at radius 3 is 2.87 bits per heavy atom. The lowest BCUT2D eigenvalue weighted by atomic mass is 10.0. The van der Waals surface area contributed by atoms with Crippen molar-refractivity contribution in [3.63, 3.8) is 0 Å². The molecule has 0 amide bonds. The van der Waals surface area contributed by atoms with Crippen molar-refractivity contribution in [1.82, 2.24) is 5.32 Å². The molecule has 0 saturated heterocycles. The van der Waals surface area contributed by atoms with Crippen LogP contribution in [0.5, 0.6) is 0 Å². The SMILES string of the molecule is C\C1=C/C=N\N=C\CCC(NC2CC2)C1. The van der Waals surface area contributed by atoms with Crippen LogP contribution in [0.25, 0.3) is 0 Å². The van der Waals surface area contributed by atoms with E-state index < -0.39 is 0 Å². The number of hydrogen-bond donors (Lipinski definition) is 1. The lowest BCUT2D eigenvalue weighted by Crippen LogP contribution is -2.31.